The zero-order valence-corrected chi connectivity index (χ0v) is 13.6. The third-order valence-corrected chi connectivity index (χ3v) is 4.12. The number of carbonyl (C=O) groups excluding carboxylic acids is 1. The summed E-state index contributed by atoms with van der Waals surface area (Å²) in [6.07, 6.45) is 0. The molecular weight excluding hydrogens is 288 g/mol. The van der Waals surface area contributed by atoms with Gasteiger partial charge in [0.2, 0.25) is 0 Å². The number of amides is 1. The molecule has 1 fully saturated rings. The molecule has 0 unspecified atom stereocenters. The first-order chi connectivity index (χ1) is 11.1. The molecule has 1 aliphatic heterocycles. The van der Waals surface area contributed by atoms with Gasteiger partial charge in [0.15, 0.2) is 0 Å². The van der Waals surface area contributed by atoms with Gasteiger partial charge in [-0.05, 0) is 50.2 Å². The maximum absolute atomic E-state index is 12.2. The Kier molecular flexibility index (Phi) is 4.35. The van der Waals surface area contributed by atoms with Gasteiger partial charge in [0.25, 0.3) is 5.91 Å². The first-order valence-corrected chi connectivity index (χ1v) is 7.88. The minimum atomic E-state index is -0.0925. The lowest BCUT2D eigenvalue weighted by Crippen LogP contribution is -2.53. The number of nitrogens with one attached hydrogen (secondary N) is 1. The molecule has 23 heavy (non-hydrogen) atoms. The van der Waals surface area contributed by atoms with Crippen molar-refractivity contribution in [3.05, 3.63) is 60.2 Å². The normalized spacial score (nSPS) is 16.9. The predicted molar refractivity (Wildman–Crippen MR) is 93.1 cm³/mol. The summed E-state index contributed by atoms with van der Waals surface area (Å²) in [5, 5.41) is 2.93. The average molecular weight is 310 g/mol. The van der Waals surface area contributed by atoms with Crippen LogP contribution in [0.4, 0.5) is 11.4 Å². The molecule has 1 saturated heterocycles. The van der Waals surface area contributed by atoms with E-state index >= 15 is 0 Å². The molecule has 0 atom stereocenters. The highest BCUT2D eigenvalue weighted by Crippen LogP contribution is 2.28. The number of rotatable bonds is 3. The third-order valence-electron chi connectivity index (χ3n) is 4.12. The molecule has 1 heterocycles. The quantitative estimate of drug-likeness (QED) is 0.942. The molecule has 1 aliphatic rings. The second-order valence-corrected chi connectivity index (χ2v) is 6.38. The van der Waals surface area contributed by atoms with Gasteiger partial charge in [-0.25, -0.2) is 0 Å². The largest absolute Gasteiger partial charge is 0.377 e. The van der Waals surface area contributed by atoms with E-state index in [4.69, 9.17) is 4.74 Å². The molecule has 0 radical (unpaired) electrons. The van der Waals surface area contributed by atoms with E-state index in [1.54, 1.807) is 12.1 Å². The highest BCUT2D eigenvalue weighted by Gasteiger charge is 2.30. The maximum Gasteiger partial charge on any atom is 0.255 e. The van der Waals surface area contributed by atoms with Crippen LogP contribution in [-0.2, 0) is 4.74 Å². The number of morpholine rings is 1. The van der Waals surface area contributed by atoms with E-state index in [-0.39, 0.29) is 11.4 Å². The van der Waals surface area contributed by atoms with Crippen LogP contribution in [0.15, 0.2) is 54.6 Å². The highest BCUT2D eigenvalue weighted by molar-refractivity contribution is 6.04. The van der Waals surface area contributed by atoms with Crippen LogP contribution in [0.1, 0.15) is 24.2 Å². The Hall–Kier alpha value is -2.33. The number of carbonyl (C=O) groups is 1. The van der Waals surface area contributed by atoms with Crippen molar-refractivity contribution in [2.24, 2.45) is 0 Å². The van der Waals surface area contributed by atoms with Crippen molar-refractivity contribution in [2.45, 2.75) is 19.4 Å². The van der Waals surface area contributed by atoms with Gasteiger partial charge in [-0.2, -0.15) is 0 Å². The Morgan fingerprint density at radius 3 is 2.43 bits per heavy atom. The van der Waals surface area contributed by atoms with Crippen LogP contribution in [0.2, 0.25) is 0 Å². The molecular formula is C19H22N2O2. The van der Waals surface area contributed by atoms with Gasteiger partial charge in [-0.3, -0.25) is 4.79 Å². The monoisotopic (exact) mass is 310 g/mol. The van der Waals surface area contributed by atoms with Crippen molar-refractivity contribution >= 4 is 17.3 Å². The SMILES string of the molecule is CC1(C)COCCN1c1ccc(NC(=O)c2ccccc2)cc1. The molecule has 0 bridgehead atoms. The molecule has 2 aromatic rings. The minimum Gasteiger partial charge on any atom is -0.377 e. The smallest absolute Gasteiger partial charge is 0.255 e. The van der Waals surface area contributed by atoms with Crippen LogP contribution in [0.25, 0.3) is 0 Å². The topological polar surface area (TPSA) is 41.6 Å². The van der Waals surface area contributed by atoms with Gasteiger partial charge in [0.1, 0.15) is 0 Å². The molecule has 0 spiro atoms. The van der Waals surface area contributed by atoms with Crippen molar-refractivity contribution in [3.8, 4) is 0 Å². The Balaban J connectivity index is 1.71. The molecule has 1 N–H and O–H groups in total. The summed E-state index contributed by atoms with van der Waals surface area (Å²) in [6, 6.07) is 17.2. The second kappa shape index (κ2) is 6.42. The Labute approximate surface area is 137 Å². The first kappa shape index (κ1) is 15.6. The average Bonchev–Trinajstić information content (AvgIpc) is 2.56. The summed E-state index contributed by atoms with van der Waals surface area (Å²) in [5.74, 6) is -0.0925. The van der Waals surface area contributed by atoms with Crippen molar-refractivity contribution in [2.75, 3.05) is 30.0 Å². The van der Waals surface area contributed by atoms with Crippen LogP contribution in [0.5, 0.6) is 0 Å². The lowest BCUT2D eigenvalue weighted by molar-refractivity contribution is 0.0644. The van der Waals surface area contributed by atoms with E-state index in [0.717, 1.165) is 31.1 Å². The number of hydrogen-bond donors (Lipinski definition) is 1. The van der Waals surface area contributed by atoms with E-state index < -0.39 is 0 Å². The summed E-state index contributed by atoms with van der Waals surface area (Å²) < 4.78 is 5.56. The Bertz CT molecular complexity index is 666. The lowest BCUT2D eigenvalue weighted by atomic mass is 10.0. The summed E-state index contributed by atoms with van der Waals surface area (Å²) in [5.41, 5.74) is 2.59. The number of benzene rings is 2. The third kappa shape index (κ3) is 3.54. The van der Waals surface area contributed by atoms with E-state index in [1.165, 1.54) is 0 Å². The van der Waals surface area contributed by atoms with Crippen molar-refractivity contribution in [3.63, 3.8) is 0 Å². The van der Waals surface area contributed by atoms with E-state index in [0.29, 0.717) is 5.56 Å². The summed E-state index contributed by atoms with van der Waals surface area (Å²) in [4.78, 5) is 14.5. The van der Waals surface area contributed by atoms with Crippen molar-refractivity contribution < 1.29 is 9.53 Å². The zero-order valence-electron chi connectivity index (χ0n) is 13.6. The number of nitrogens with zero attached hydrogens (tertiary/aromatic N) is 1. The summed E-state index contributed by atoms with van der Waals surface area (Å²) in [6.45, 7) is 6.70. The van der Waals surface area contributed by atoms with Crippen LogP contribution in [0, 0.1) is 0 Å². The zero-order chi connectivity index (χ0) is 16.3. The van der Waals surface area contributed by atoms with Gasteiger partial charge in [-0.15, -0.1) is 0 Å². The van der Waals surface area contributed by atoms with Gasteiger partial charge in [0.05, 0.1) is 18.8 Å². The molecule has 1 amide bonds. The summed E-state index contributed by atoms with van der Waals surface area (Å²) in [7, 11) is 0. The van der Waals surface area contributed by atoms with Gasteiger partial charge in [0, 0.05) is 23.5 Å². The molecule has 0 aromatic heterocycles. The Morgan fingerprint density at radius 2 is 1.78 bits per heavy atom. The van der Waals surface area contributed by atoms with Crippen LogP contribution >= 0.6 is 0 Å². The van der Waals surface area contributed by atoms with Crippen LogP contribution in [0.3, 0.4) is 0 Å². The van der Waals surface area contributed by atoms with Crippen molar-refractivity contribution in [1.29, 1.82) is 0 Å². The standard InChI is InChI=1S/C19H22N2O2/c1-19(2)14-23-13-12-21(19)17-10-8-16(9-11-17)20-18(22)15-6-4-3-5-7-15/h3-11H,12-14H2,1-2H3,(H,20,22). The second-order valence-electron chi connectivity index (χ2n) is 6.38. The predicted octanol–water partition coefficient (Wildman–Crippen LogP) is 3.55. The molecule has 4 nitrogen and oxygen atoms in total. The molecule has 4 heteroatoms. The fraction of sp³-hybridized carbons (Fsp3) is 0.316. The van der Waals surface area contributed by atoms with Gasteiger partial charge in [-0.1, -0.05) is 18.2 Å². The number of hydrogen-bond acceptors (Lipinski definition) is 3. The minimum absolute atomic E-state index is 0.0208. The van der Waals surface area contributed by atoms with Crippen LogP contribution in [-0.4, -0.2) is 31.2 Å². The van der Waals surface area contributed by atoms with E-state index in [9.17, 15) is 4.79 Å². The fourth-order valence-electron chi connectivity index (χ4n) is 2.85. The molecule has 0 saturated carbocycles. The van der Waals surface area contributed by atoms with Crippen molar-refractivity contribution in [1.82, 2.24) is 0 Å². The fourth-order valence-corrected chi connectivity index (χ4v) is 2.85. The van der Waals surface area contributed by atoms with E-state index in [2.05, 4.69) is 24.1 Å². The Morgan fingerprint density at radius 1 is 1.09 bits per heavy atom. The summed E-state index contributed by atoms with van der Waals surface area (Å²) >= 11 is 0. The number of ether oxygens (including phenoxy) is 1. The van der Waals surface area contributed by atoms with Gasteiger partial charge >= 0.3 is 0 Å². The van der Waals surface area contributed by atoms with Gasteiger partial charge < -0.3 is 15.0 Å². The highest BCUT2D eigenvalue weighted by atomic mass is 16.5. The van der Waals surface area contributed by atoms with E-state index in [1.807, 2.05) is 42.5 Å². The van der Waals surface area contributed by atoms with Crippen LogP contribution < -0.4 is 10.2 Å². The molecule has 120 valence electrons. The number of anilines is 2. The lowest BCUT2D eigenvalue weighted by Gasteiger charge is -2.43. The maximum atomic E-state index is 12.2. The molecule has 0 aliphatic carbocycles. The molecule has 2 aromatic carbocycles. The first-order valence-electron chi connectivity index (χ1n) is 7.88. The molecule has 3 rings (SSSR count).